The number of hydrogen-bond acceptors (Lipinski definition) is 2. The van der Waals surface area contributed by atoms with Crippen LogP contribution in [0.2, 0.25) is 5.02 Å². The number of H-pyrrole nitrogens is 1. The Kier molecular flexibility index (Phi) is 4.04. The lowest BCUT2D eigenvalue weighted by molar-refractivity contribution is 0.591. The standard InChI is InChI=1S/C22H20ClN3/c1-22(2,3)15-8-10-19-20(13-15)26-21(25-19)14-7-9-16(17(23)12-14)18-6-4-5-11-24-18/h4-13H,1-3H3,(H,25,26). The Balaban J connectivity index is 1.75. The first kappa shape index (κ1) is 16.8. The van der Waals surface area contributed by atoms with Crippen LogP contribution in [0.1, 0.15) is 26.3 Å². The van der Waals surface area contributed by atoms with Gasteiger partial charge < -0.3 is 4.98 Å². The average molecular weight is 362 g/mol. The van der Waals surface area contributed by atoms with E-state index >= 15 is 0 Å². The van der Waals surface area contributed by atoms with E-state index in [1.807, 2.05) is 36.4 Å². The van der Waals surface area contributed by atoms with Crippen molar-refractivity contribution in [1.29, 1.82) is 0 Å². The van der Waals surface area contributed by atoms with Gasteiger partial charge in [0.2, 0.25) is 0 Å². The van der Waals surface area contributed by atoms with Gasteiger partial charge in [-0.2, -0.15) is 0 Å². The second kappa shape index (κ2) is 6.26. The van der Waals surface area contributed by atoms with E-state index in [1.54, 1.807) is 6.20 Å². The highest BCUT2D eigenvalue weighted by Crippen LogP contribution is 2.32. The fraction of sp³-hybridized carbons (Fsp3) is 0.182. The Morgan fingerprint density at radius 2 is 1.81 bits per heavy atom. The number of imidazole rings is 1. The van der Waals surface area contributed by atoms with Crippen molar-refractivity contribution in [3.63, 3.8) is 0 Å². The Morgan fingerprint density at radius 1 is 0.962 bits per heavy atom. The maximum absolute atomic E-state index is 6.52. The number of fused-ring (bicyclic) bond motifs is 1. The lowest BCUT2D eigenvalue weighted by atomic mass is 9.87. The van der Waals surface area contributed by atoms with Gasteiger partial charge in [-0.1, -0.05) is 56.6 Å². The Labute approximate surface area is 158 Å². The van der Waals surface area contributed by atoms with E-state index in [4.69, 9.17) is 16.6 Å². The van der Waals surface area contributed by atoms with Crippen molar-refractivity contribution in [2.24, 2.45) is 0 Å². The van der Waals surface area contributed by atoms with E-state index in [2.05, 4.69) is 48.9 Å². The minimum atomic E-state index is 0.104. The molecule has 0 saturated carbocycles. The number of rotatable bonds is 2. The summed E-state index contributed by atoms with van der Waals surface area (Å²) in [6, 6.07) is 18.2. The molecule has 4 rings (SSSR count). The first-order valence-electron chi connectivity index (χ1n) is 8.63. The zero-order chi connectivity index (χ0) is 18.3. The largest absolute Gasteiger partial charge is 0.338 e. The number of nitrogens with one attached hydrogen (secondary N) is 1. The lowest BCUT2D eigenvalue weighted by Gasteiger charge is -2.18. The summed E-state index contributed by atoms with van der Waals surface area (Å²) in [5.41, 5.74) is 6.13. The highest BCUT2D eigenvalue weighted by Gasteiger charge is 2.15. The molecule has 0 saturated heterocycles. The van der Waals surface area contributed by atoms with Crippen molar-refractivity contribution in [1.82, 2.24) is 15.0 Å². The normalized spacial score (nSPS) is 11.8. The molecule has 0 amide bonds. The molecule has 130 valence electrons. The highest BCUT2D eigenvalue weighted by atomic mass is 35.5. The zero-order valence-electron chi connectivity index (χ0n) is 15.0. The van der Waals surface area contributed by atoms with Gasteiger partial charge in [0, 0.05) is 17.3 Å². The van der Waals surface area contributed by atoms with Crippen molar-refractivity contribution < 1.29 is 0 Å². The Morgan fingerprint density at radius 3 is 2.50 bits per heavy atom. The number of hydrogen-bond donors (Lipinski definition) is 1. The van der Waals surface area contributed by atoms with Gasteiger partial charge in [0.05, 0.1) is 21.7 Å². The van der Waals surface area contributed by atoms with Crippen molar-refractivity contribution in [3.8, 4) is 22.6 Å². The van der Waals surface area contributed by atoms with Crippen LogP contribution in [0.4, 0.5) is 0 Å². The maximum Gasteiger partial charge on any atom is 0.138 e. The summed E-state index contributed by atoms with van der Waals surface area (Å²) in [6.45, 7) is 6.63. The van der Waals surface area contributed by atoms with E-state index < -0.39 is 0 Å². The number of aromatic nitrogens is 3. The monoisotopic (exact) mass is 361 g/mol. The highest BCUT2D eigenvalue weighted by molar-refractivity contribution is 6.33. The maximum atomic E-state index is 6.52. The van der Waals surface area contributed by atoms with Crippen LogP contribution in [0.15, 0.2) is 60.8 Å². The molecule has 0 aliphatic rings. The summed E-state index contributed by atoms with van der Waals surface area (Å²) in [5.74, 6) is 0.820. The molecule has 4 aromatic rings. The van der Waals surface area contributed by atoms with Gasteiger partial charge in [-0.05, 0) is 41.3 Å². The molecule has 26 heavy (non-hydrogen) atoms. The molecule has 0 bridgehead atoms. The average Bonchev–Trinajstić information content (AvgIpc) is 3.05. The van der Waals surface area contributed by atoms with E-state index in [9.17, 15) is 0 Å². The van der Waals surface area contributed by atoms with Crippen LogP contribution in [-0.2, 0) is 5.41 Å². The van der Waals surface area contributed by atoms with Crippen LogP contribution < -0.4 is 0 Å². The molecular formula is C22H20ClN3. The minimum Gasteiger partial charge on any atom is -0.338 e. The van der Waals surface area contributed by atoms with Gasteiger partial charge in [0.15, 0.2) is 0 Å². The molecule has 4 heteroatoms. The third-order valence-electron chi connectivity index (χ3n) is 4.53. The van der Waals surface area contributed by atoms with E-state index in [-0.39, 0.29) is 5.41 Å². The molecule has 3 nitrogen and oxygen atoms in total. The topological polar surface area (TPSA) is 41.6 Å². The van der Waals surface area contributed by atoms with Gasteiger partial charge >= 0.3 is 0 Å². The quantitative estimate of drug-likeness (QED) is 0.459. The molecule has 0 spiro atoms. The number of aromatic amines is 1. The van der Waals surface area contributed by atoms with Crippen molar-refractivity contribution >= 4 is 22.6 Å². The zero-order valence-corrected chi connectivity index (χ0v) is 15.8. The Bertz CT molecular complexity index is 1080. The molecule has 1 N–H and O–H groups in total. The van der Waals surface area contributed by atoms with Crippen molar-refractivity contribution in [2.75, 3.05) is 0 Å². The fourth-order valence-corrected chi connectivity index (χ4v) is 3.28. The predicted octanol–water partition coefficient (Wildman–Crippen LogP) is 6.24. The third-order valence-corrected chi connectivity index (χ3v) is 4.84. The molecule has 0 aliphatic heterocycles. The van der Waals surface area contributed by atoms with Crippen LogP contribution in [-0.4, -0.2) is 15.0 Å². The fourth-order valence-electron chi connectivity index (χ4n) is 3.01. The van der Waals surface area contributed by atoms with Gasteiger partial charge in [0.25, 0.3) is 0 Å². The second-order valence-electron chi connectivity index (χ2n) is 7.48. The number of benzene rings is 2. The molecule has 0 unspecified atom stereocenters. The first-order valence-corrected chi connectivity index (χ1v) is 9.01. The van der Waals surface area contributed by atoms with Crippen molar-refractivity contribution in [2.45, 2.75) is 26.2 Å². The minimum absolute atomic E-state index is 0.104. The number of halogens is 1. The summed E-state index contributed by atoms with van der Waals surface area (Å²) in [6.07, 6.45) is 1.77. The van der Waals surface area contributed by atoms with Gasteiger partial charge in [-0.25, -0.2) is 4.98 Å². The van der Waals surface area contributed by atoms with Crippen LogP contribution in [0.25, 0.3) is 33.7 Å². The van der Waals surface area contributed by atoms with Crippen molar-refractivity contribution in [3.05, 3.63) is 71.4 Å². The lowest BCUT2D eigenvalue weighted by Crippen LogP contribution is -2.10. The summed E-state index contributed by atoms with van der Waals surface area (Å²) >= 11 is 6.52. The molecule has 2 heterocycles. The Hall–Kier alpha value is -2.65. The van der Waals surface area contributed by atoms with E-state index in [1.165, 1.54) is 5.56 Å². The third kappa shape index (κ3) is 3.11. The van der Waals surface area contributed by atoms with Gasteiger partial charge in [-0.15, -0.1) is 0 Å². The van der Waals surface area contributed by atoms with Crippen LogP contribution in [0.5, 0.6) is 0 Å². The predicted molar refractivity (Wildman–Crippen MR) is 108 cm³/mol. The molecule has 2 aromatic carbocycles. The molecular weight excluding hydrogens is 342 g/mol. The van der Waals surface area contributed by atoms with E-state index in [0.29, 0.717) is 5.02 Å². The summed E-state index contributed by atoms with van der Waals surface area (Å²) in [5, 5.41) is 0.664. The number of pyridine rings is 1. The molecule has 0 fully saturated rings. The second-order valence-corrected chi connectivity index (χ2v) is 7.88. The molecule has 0 atom stereocenters. The van der Waals surface area contributed by atoms with E-state index in [0.717, 1.165) is 33.7 Å². The van der Waals surface area contributed by atoms with Crippen LogP contribution >= 0.6 is 11.6 Å². The summed E-state index contributed by atoms with van der Waals surface area (Å²) in [7, 11) is 0. The first-order chi connectivity index (χ1) is 12.4. The molecule has 2 aromatic heterocycles. The van der Waals surface area contributed by atoms with Crippen LogP contribution in [0, 0.1) is 0 Å². The summed E-state index contributed by atoms with van der Waals surface area (Å²) in [4.78, 5) is 12.5. The summed E-state index contributed by atoms with van der Waals surface area (Å²) < 4.78 is 0. The molecule has 0 aliphatic carbocycles. The number of nitrogens with zero attached hydrogens (tertiary/aromatic N) is 2. The molecule has 0 radical (unpaired) electrons. The van der Waals surface area contributed by atoms with Gasteiger partial charge in [-0.3, -0.25) is 4.98 Å². The van der Waals surface area contributed by atoms with Crippen LogP contribution in [0.3, 0.4) is 0 Å². The van der Waals surface area contributed by atoms with Gasteiger partial charge in [0.1, 0.15) is 5.82 Å². The smallest absolute Gasteiger partial charge is 0.138 e. The SMILES string of the molecule is CC(C)(C)c1ccc2nc(-c3ccc(-c4ccccn4)c(Cl)c3)[nH]c2c1.